The molecular formula is C14H23FN4O. The van der Waals surface area contributed by atoms with Crippen molar-refractivity contribution in [3.05, 3.63) is 35.1 Å². The number of unbranched alkanes of at least 4 members (excludes halogenated alkanes) is 1. The van der Waals surface area contributed by atoms with Crippen LogP contribution < -0.4 is 11.1 Å². The highest BCUT2D eigenvalue weighted by atomic mass is 19.1. The van der Waals surface area contributed by atoms with Crippen LogP contribution in [0.4, 0.5) is 4.39 Å². The molecule has 6 heteroatoms. The molecular weight excluding hydrogens is 259 g/mol. The summed E-state index contributed by atoms with van der Waals surface area (Å²) in [5.41, 5.74) is 6.36. The Morgan fingerprint density at radius 3 is 2.75 bits per heavy atom. The molecule has 0 amide bonds. The first-order valence-corrected chi connectivity index (χ1v) is 6.66. The van der Waals surface area contributed by atoms with Gasteiger partial charge in [0.2, 0.25) is 0 Å². The third-order valence-electron chi connectivity index (χ3n) is 2.98. The zero-order chi connectivity index (χ0) is 15.0. The Morgan fingerprint density at radius 2 is 2.15 bits per heavy atom. The number of hydrogen-bond acceptors (Lipinski definition) is 4. The summed E-state index contributed by atoms with van der Waals surface area (Å²) in [4.78, 5) is 2.14. The van der Waals surface area contributed by atoms with Crippen molar-refractivity contribution in [3.8, 4) is 0 Å². The largest absolute Gasteiger partial charge is 0.409 e. The summed E-state index contributed by atoms with van der Waals surface area (Å²) in [5, 5.41) is 14.6. The predicted molar refractivity (Wildman–Crippen MR) is 78.4 cm³/mol. The maximum absolute atomic E-state index is 13.8. The number of nitrogens with zero attached hydrogens (tertiary/aromatic N) is 2. The molecule has 0 bridgehead atoms. The maximum Gasteiger partial charge on any atom is 0.170 e. The standard InChI is InChI=1S/C14H23FN4O/c1-19(2)8-4-3-7-17-10-12-6-5-11(9-13(12)15)14(16)18-20/h5-6,9,17,20H,3-4,7-8,10H2,1-2H3,(H2,16,18). The van der Waals surface area contributed by atoms with Crippen LogP contribution in [0, 0.1) is 5.82 Å². The highest BCUT2D eigenvalue weighted by Gasteiger charge is 2.06. The Hall–Kier alpha value is -1.66. The van der Waals surface area contributed by atoms with E-state index in [1.807, 2.05) is 14.1 Å². The van der Waals surface area contributed by atoms with Crippen molar-refractivity contribution in [1.29, 1.82) is 0 Å². The zero-order valence-corrected chi connectivity index (χ0v) is 12.1. The molecule has 5 nitrogen and oxygen atoms in total. The Balaban J connectivity index is 2.38. The van der Waals surface area contributed by atoms with Gasteiger partial charge in [-0.1, -0.05) is 17.3 Å². The van der Waals surface area contributed by atoms with Crippen LogP contribution in [-0.2, 0) is 6.54 Å². The average Bonchev–Trinajstić information content (AvgIpc) is 2.42. The van der Waals surface area contributed by atoms with Crippen LogP contribution in [0.25, 0.3) is 0 Å². The molecule has 1 aromatic carbocycles. The number of nitrogens with one attached hydrogen (secondary N) is 1. The fourth-order valence-electron chi connectivity index (χ4n) is 1.81. The summed E-state index contributed by atoms with van der Waals surface area (Å²) < 4.78 is 13.8. The average molecular weight is 282 g/mol. The molecule has 0 aliphatic carbocycles. The van der Waals surface area contributed by atoms with Crippen LogP contribution >= 0.6 is 0 Å². The van der Waals surface area contributed by atoms with Gasteiger partial charge in [-0.15, -0.1) is 0 Å². The van der Waals surface area contributed by atoms with E-state index < -0.39 is 0 Å². The third-order valence-corrected chi connectivity index (χ3v) is 2.98. The second-order valence-corrected chi connectivity index (χ2v) is 4.98. The van der Waals surface area contributed by atoms with Crippen LogP contribution in [0.15, 0.2) is 23.4 Å². The normalized spacial score (nSPS) is 12.1. The van der Waals surface area contributed by atoms with E-state index in [-0.39, 0.29) is 11.7 Å². The van der Waals surface area contributed by atoms with Gasteiger partial charge in [-0.05, 0) is 46.1 Å². The maximum atomic E-state index is 13.8. The molecule has 0 unspecified atom stereocenters. The lowest BCUT2D eigenvalue weighted by Gasteiger charge is -2.10. The number of nitrogens with two attached hydrogens (primary N) is 1. The van der Waals surface area contributed by atoms with Gasteiger partial charge in [-0.3, -0.25) is 0 Å². The summed E-state index contributed by atoms with van der Waals surface area (Å²) >= 11 is 0. The molecule has 0 saturated carbocycles. The molecule has 0 aliphatic heterocycles. The van der Waals surface area contributed by atoms with Crippen molar-refractivity contribution in [3.63, 3.8) is 0 Å². The number of rotatable bonds is 8. The quantitative estimate of drug-likeness (QED) is 0.221. The lowest BCUT2D eigenvalue weighted by molar-refractivity contribution is 0.318. The molecule has 1 aromatic rings. The number of hydrogen-bond donors (Lipinski definition) is 3. The highest BCUT2D eigenvalue weighted by molar-refractivity contribution is 5.97. The van der Waals surface area contributed by atoms with Gasteiger partial charge in [-0.25, -0.2) is 4.39 Å². The summed E-state index contributed by atoms with van der Waals surface area (Å²) in [5.74, 6) is -0.443. The molecule has 112 valence electrons. The minimum atomic E-state index is -0.352. The van der Waals surface area contributed by atoms with Crippen molar-refractivity contribution >= 4 is 5.84 Å². The number of benzene rings is 1. The molecule has 0 spiro atoms. The summed E-state index contributed by atoms with van der Waals surface area (Å²) in [7, 11) is 4.09. The summed E-state index contributed by atoms with van der Waals surface area (Å²) in [6.45, 7) is 2.39. The second kappa shape index (κ2) is 8.50. The first-order valence-electron chi connectivity index (χ1n) is 6.66. The van der Waals surface area contributed by atoms with E-state index >= 15 is 0 Å². The minimum absolute atomic E-state index is 0.0907. The van der Waals surface area contributed by atoms with Crippen LogP contribution in [-0.4, -0.2) is 43.1 Å². The van der Waals surface area contributed by atoms with E-state index in [1.165, 1.54) is 6.07 Å². The molecule has 0 heterocycles. The molecule has 0 aromatic heterocycles. The minimum Gasteiger partial charge on any atom is -0.409 e. The Kier molecular flexibility index (Phi) is 6.97. The molecule has 20 heavy (non-hydrogen) atoms. The van der Waals surface area contributed by atoms with Gasteiger partial charge in [0.25, 0.3) is 0 Å². The molecule has 0 radical (unpaired) electrons. The lowest BCUT2D eigenvalue weighted by Crippen LogP contribution is -2.19. The molecule has 0 fully saturated rings. The van der Waals surface area contributed by atoms with Crippen LogP contribution in [0.2, 0.25) is 0 Å². The Labute approximate surface area is 119 Å². The van der Waals surface area contributed by atoms with E-state index in [4.69, 9.17) is 10.9 Å². The van der Waals surface area contributed by atoms with Crippen molar-refractivity contribution in [2.24, 2.45) is 10.9 Å². The number of halogens is 1. The second-order valence-electron chi connectivity index (χ2n) is 4.98. The van der Waals surface area contributed by atoms with Gasteiger partial charge in [-0.2, -0.15) is 0 Å². The molecule has 0 saturated heterocycles. The highest BCUT2D eigenvalue weighted by Crippen LogP contribution is 2.10. The van der Waals surface area contributed by atoms with Crippen molar-refractivity contribution in [2.45, 2.75) is 19.4 Å². The Bertz CT molecular complexity index is 449. The monoisotopic (exact) mass is 282 g/mol. The van der Waals surface area contributed by atoms with Gasteiger partial charge >= 0.3 is 0 Å². The smallest absolute Gasteiger partial charge is 0.170 e. The van der Waals surface area contributed by atoms with Crippen molar-refractivity contribution < 1.29 is 9.60 Å². The first-order chi connectivity index (χ1) is 9.54. The third kappa shape index (κ3) is 5.54. The summed E-state index contributed by atoms with van der Waals surface area (Å²) in [6, 6.07) is 4.56. The van der Waals surface area contributed by atoms with Gasteiger partial charge in [0.1, 0.15) is 5.82 Å². The zero-order valence-electron chi connectivity index (χ0n) is 12.1. The van der Waals surface area contributed by atoms with Crippen LogP contribution in [0.5, 0.6) is 0 Å². The Morgan fingerprint density at radius 1 is 1.40 bits per heavy atom. The number of amidine groups is 1. The van der Waals surface area contributed by atoms with E-state index in [2.05, 4.69) is 15.4 Å². The van der Waals surface area contributed by atoms with Gasteiger partial charge < -0.3 is 21.2 Å². The molecule has 1 rings (SSSR count). The number of oxime groups is 1. The SMILES string of the molecule is CN(C)CCCCNCc1ccc(C(N)=NO)cc1F. The van der Waals surface area contributed by atoms with Gasteiger partial charge in [0.15, 0.2) is 5.84 Å². The topological polar surface area (TPSA) is 73.9 Å². The summed E-state index contributed by atoms with van der Waals surface area (Å²) in [6.07, 6.45) is 2.17. The van der Waals surface area contributed by atoms with Crippen molar-refractivity contribution in [1.82, 2.24) is 10.2 Å². The van der Waals surface area contributed by atoms with Crippen LogP contribution in [0.3, 0.4) is 0 Å². The van der Waals surface area contributed by atoms with E-state index in [9.17, 15) is 4.39 Å². The lowest BCUT2D eigenvalue weighted by atomic mass is 10.1. The van der Waals surface area contributed by atoms with Gasteiger partial charge in [0, 0.05) is 17.7 Å². The first kappa shape index (κ1) is 16.4. The van der Waals surface area contributed by atoms with E-state index in [0.717, 1.165) is 25.9 Å². The molecule has 0 atom stereocenters. The molecule has 0 aliphatic rings. The van der Waals surface area contributed by atoms with Gasteiger partial charge in [0.05, 0.1) is 0 Å². The molecule has 4 N–H and O–H groups in total. The van der Waals surface area contributed by atoms with Crippen molar-refractivity contribution in [2.75, 3.05) is 27.2 Å². The fraction of sp³-hybridized carbons (Fsp3) is 0.500. The van der Waals surface area contributed by atoms with E-state index in [1.54, 1.807) is 12.1 Å². The van der Waals surface area contributed by atoms with E-state index in [0.29, 0.717) is 17.7 Å². The predicted octanol–water partition coefficient (Wildman–Crippen LogP) is 1.35. The fourth-order valence-corrected chi connectivity index (χ4v) is 1.81. The van der Waals surface area contributed by atoms with Crippen LogP contribution in [0.1, 0.15) is 24.0 Å².